The van der Waals surface area contributed by atoms with E-state index in [0.29, 0.717) is 37.1 Å². The predicted molar refractivity (Wildman–Crippen MR) is 133 cm³/mol. The first-order valence-electron chi connectivity index (χ1n) is 12.2. The Labute approximate surface area is 202 Å². The molecule has 3 unspecified atom stereocenters. The first-order valence-corrected chi connectivity index (χ1v) is 13.1. The molecule has 3 fully saturated rings. The van der Waals surface area contributed by atoms with Crippen LogP contribution in [0.4, 0.5) is 0 Å². The minimum atomic E-state index is -0.116. The number of aromatic nitrogens is 2. The molecule has 1 aliphatic carbocycles. The van der Waals surface area contributed by atoms with E-state index in [9.17, 15) is 9.59 Å². The molecule has 0 radical (unpaired) electrons. The summed E-state index contributed by atoms with van der Waals surface area (Å²) in [5.41, 5.74) is 7.41. The average molecular weight is 479 g/mol. The number of amides is 1. The Morgan fingerprint density at radius 3 is 2.59 bits per heavy atom. The number of benzene rings is 1. The smallest absolute Gasteiger partial charge is 0.275 e. The van der Waals surface area contributed by atoms with Gasteiger partial charge in [-0.3, -0.25) is 19.9 Å². The first-order chi connectivity index (χ1) is 16.7. The second-order valence-electron chi connectivity index (χ2n) is 9.58. The molecule has 6 rings (SSSR count). The van der Waals surface area contributed by atoms with Crippen LogP contribution in [0.3, 0.4) is 0 Å². The van der Waals surface area contributed by atoms with Crippen LogP contribution in [0.25, 0.3) is 21.3 Å². The van der Waals surface area contributed by atoms with Crippen molar-refractivity contribution in [3.8, 4) is 10.6 Å². The second-order valence-corrected chi connectivity index (χ2v) is 10.5. The third-order valence-corrected chi connectivity index (χ3v) is 8.45. The number of carbonyl (C=O) groups excluding carboxylic acids is 1. The van der Waals surface area contributed by atoms with Gasteiger partial charge in [0.2, 0.25) is 5.91 Å². The quantitative estimate of drug-likeness (QED) is 0.599. The van der Waals surface area contributed by atoms with E-state index < -0.39 is 0 Å². The van der Waals surface area contributed by atoms with Crippen molar-refractivity contribution in [1.29, 1.82) is 0 Å². The first kappa shape index (κ1) is 21.9. The third-order valence-electron chi connectivity index (χ3n) is 7.58. The summed E-state index contributed by atoms with van der Waals surface area (Å²) in [6.07, 6.45) is 4.72. The van der Waals surface area contributed by atoms with E-state index in [0.717, 1.165) is 41.9 Å². The Hall–Kier alpha value is -2.59. The molecule has 0 spiro atoms. The fourth-order valence-corrected chi connectivity index (χ4v) is 6.43. The van der Waals surface area contributed by atoms with Crippen molar-refractivity contribution in [2.45, 2.75) is 44.4 Å². The van der Waals surface area contributed by atoms with Gasteiger partial charge in [0.1, 0.15) is 11.7 Å². The molecule has 3 aromatic rings. The molecule has 0 bridgehead atoms. The van der Waals surface area contributed by atoms with Gasteiger partial charge in [-0.25, -0.2) is 10.1 Å². The van der Waals surface area contributed by atoms with E-state index >= 15 is 0 Å². The molecule has 34 heavy (non-hydrogen) atoms. The molecule has 2 aliphatic heterocycles. The molecule has 2 saturated heterocycles. The largest absolute Gasteiger partial charge is 0.339 e. The Morgan fingerprint density at radius 2 is 1.79 bits per heavy atom. The predicted octanol–water partition coefficient (Wildman–Crippen LogP) is 2.26. The molecule has 3 aliphatic rings. The van der Waals surface area contributed by atoms with E-state index in [2.05, 4.69) is 15.8 Å². The molecule has 178 valence electrons. The summed E-state index contributed by atoms with van der Waals surface area (Å²) in [4.78, 5) is 31.7. The van der Waals surface area contributed by atoms with Gasteiger partial charge < -0.3 is 4.90 Å². The molecular formula is C25H30N6O2S. The monoisotopic (exact) mass is 478 g/mol. The van der Waals surface area contributed by atoms with E-state index in [1.807, 2.05) is 46.7 Å². The zero-order valence-corrected chi connectivity index (χ0v) is 20.0. The van der Waals surface area contributed by atoms with Gasteiger partial charge in [0.05, 0.1) is 16.9 Å². The highest BCUT2D eigenvalue weighted by Crippen LogP contribution is 2.31. The molecular weight excluding hydrogens is 448 g/mol. The fourth-order valence-electron chi connectivity index (χ4n) is 5.71. The Balaban J connectivity index is 1.16. The Bertz CT molecular complexity index is 1230. The molecule has 9 heteroatoms. The van der Waals surface area contributed by atoms with Gasteiger partial charge >= 0.3 is 0 Å². The fraction of sp³-hybridized carbons (Fsp3) is 0.480. The standard InChI is InChI=1S/C25H30N6O2S/c32-24-18-7-2-1-6-17(18)22(21-10-5-15-34-21)28-31(24)16-29-11-13-30(14-12-29)25(33)23-19-8-3-4-9-20(19)26-27-23/h1-2,5-7,10,15,19-20,23,26-27H,3-4,8-9,11-14,16H2. The van der Waals surface area contributed by atoms with Crippen LogP contribution in [0.1, 0.15) is 25.7 Å². The topological polar surface area (TPSA) is 82.5 Å². The third kappa shape index (κ3) is 3.96. The number of hydrogen-bond acceptors (Lipinski definition) is 7. The lowest BCUT2D eigenvalue weighted by molar-refractivity contribution is -0.136. The van der Waals surface area contributed by atoms with Crippen molar-refractivity contribution in [2.75, 3.05) is 26.2 Å². The van der Waals surface area contributed by atoms with Crippen molar-refractivity contribution < 1.29 is 4.79 Å². The van der Waals surface area contributed by atoms with Crippen molar-refractivity contribution in [1.82, 2.24) is 30.4 Å². The van der Waals surface area contributed by atoms with Gasteiger partial charge in [0, 0.05) is 43.5 Å². The molecule has 1 amide bonds. The van der Waals surface area contributed by atoms with Crippen LogP contribution < -0.4 is 16.4 Å². The van der Waals surface area contributed by atoms with Crippen LogP contribution in [0.15, 0.2) is 46.6 Å². The molecule has 3 atom stereocenters. The number of fused-ring (bicyclic) bond motifs is 2. The normalized spacial score (nSPS) is 25.5. The zero-order valence-electron chi connectivity index (χ0n) is 19.2. The van der Waals surface area contributed by atoms with Gasteiger partial charge in [0.25, 0.3) is 5.56 Å². The summed E-state index contributed by atoms with van der Waals surface area (Å²) in [5.74, 6) is 0.609. The molecule has 1 aromatic carbocycles. The molecule has 2 aromatic heterocycles. The number of carbonyl (C=O) groups is 1. The number of thiophene rings is 1. The van der Waals surface area contributed by atoms with Crippen LogP contribution >= 0.6 is 11.3 Å². The maximum Gasteiger partial charge on any atom is 0.275 e. The highest BCUT2D eigenvalue weighted by atomic mass is 32.1. The maximum absolute atomic E-state index is 13.2. The molecule has 2 N–H and O–H groups in total. The van der Waals surface area contributed by atoms with Crippen molar-refractivity contribution in [3.05, 3.63) is 52.1 Å². The van der Waals surface area contributed by atoms with Crippen molar-refractivity contribution >= 4 is 28.0 Å². The average Bonchev–Trinajstić information content (AvgIpc) is 3.56. The lowest BCUT2D eigenvalue weighted by Crippen LogP contribution is -2.55. The SMILES string of the molecule is O=C(C1NNC2CCCCC21)N1CCN(Cn2nc(-c3cccs3)c3ccccc3c2=O)CC1. The Kier molecular flexibility index (Phi) is 5.94. The van der Waals surface area contributed by atoms with Gasteiger partial charge in [-0.1, -0.05) is 37.1 Å². The summed E-state index contributed by atoms with van der Waals surface area (Å²) in [6.45, 7) is 3.24. The highest BCUT2D eigenvalue weighted by Gasteiger charge is 2.42. The molecule has 4 heterocycles. The van der Waals surface area contributed by atoms with E-state index in [4.69, 9.17) is 5.10 Å². The van der Waals surface area contributed by atoms with Crippen LogP contribution in [-0.4, -0.2) is 63.8 Å². The van der Waals surface area contributed by atoms with Gasteiger partial charge in [-0.15, -0.1) is 11.3 Å². The number of nitrogens with zero attached hydrogens (tertiary/aromatic N) is 4. The zero-order chi connectivity index (χ0) is 23.1. The lowest BCUT2D eigenvalue weighted by atomic mass is 9.81. The number of piperazine rings is 1. The van der Waals surface area contributed by atoms with Crippen LogP contribution in [0.5, 0.6) is 0 Å². The van der Waals surface area contributed by atoms with E-state index in [-0.39, 0.29) is 17.5 Å². The summed E-state index contributed by atoms with van der Waals surface area (Å²) in [5, 5.41) is 8.38. The summed E-state index contributed by atoms with van der Waals surface area (Å²) < 4.78 is 1.59. The summed E-state index contributed by atoms with van der Waals surface area (Å²) in [7, 11) is 0. The van der Waals surface area contributed by atoms with E-state index in [1.54, 1.807) is 16.0 Å². The minimum absolute atomic E-state index is 0.0704. The summed E-state index contributed by atoms with van der Waals surface area (Å²) >= 11 is 1.63. The highest BCUT2D eigenvalue weighted by molar-refractivity contribution is 7.13. The number of rotatable bonds is 4. The van der Waals surface area contributed by atoms with Gasteiger partial charge in [-0.05, 0) is 30.4 Å². The van der Waals surface area contributed by atoms with Crippen molar-refractivity contribution in [3.63, 3.8) is 0 Å². The molecule has 8 nitrogen and oxygen atoms in total. The second kappa shape index (κ2) is 9.22. The number of hydrogen-bond donors (Lipinski definition) is 2. The number of hydrazine groups is 1. The lowest BCUT2D eigenvalue weighted by Gasteiger charge is -2.37. The van der Waals surface area contributed by atoms with Gasteiger partial charge in [0.15, 0.2) is 0 Å². The minimum Gasteiger partial charge on any atom is -0.339 e. The Morgan fingerprint density at radius 1 is 1.00 bits per heavy atom. The van der Waals surface area contributed by atoms with E-state index in [1.165, 1.54) is 12.8 Å². The maximum atomic E-state index is 13.2. The van der Waals surface area contributed by atoms with Gasteiger partial charge in [-0.2, -0.15) is 5.10 Å². The summed E-state index contributed by atoms with van der Waals surface area (Å²) in [6, 6.07) is 12.1. The van der Waals surface area contributed by atoms with Crippen LogP contribution in [0, 0.1) is 5.92 Å². The van der Waals surface area contributed by atoms with Crippen molar-refractivity contribution in [2.24, 2.45) is 5.92 Å². The van der Waals surface area contributed by atoms with Crippen LogP contribution in [-0.2, 0) is 11.5 Å². The van der Waals surface area contributed by atoms with Crippen LogP contribution in [0.2, 0.25) is 0 Å². The molecule has 1 saturated carbocycles. The number of nitrogens with one attached hydrogen (secondary N) is 2.